The van der Waals surface area contributed by atoms with Crippen LogP contribution in [0.25, 0.3) is 0 Å². The molecule has 29 heavy (non-hydrogen) atoms. The summed E-state index contributed by atoms with van der Waals surface area (Å²) in [7, 11) is 0. The average Bonchev–Trinajstić information content (AvgIpc) is 2.64. The van der Waals surface area contributed by atoms with Gasteiger partial charge in [0.2, 0.25) is 6.08 Å². The summed E-state index contributed by atoms with van der Waals surface area (Å²) in [5, 5.41) is 6.06. The third-order valence-electron chi connectivity index (χ3n) is 5.61. The van der Waals surface area contributed by atoms with Crippen molar-refractivity contribution in [3.63, 3.8) is 0 Å². The van der Waals surface area contributed by atoms with Gasteiger partial charge in [0.05, 0.1) is 6.54 Å². The van der Waals surface area contributed by atoms with Gasteiger partial charge in [-0.1, -0.05) is 26.8 Å². The summed E-state index contributed by atoms with van der Waals surface area (Å²) in [6.45, 7) is 8.65. The first-order valence-electron chi connectivity index (χ1n) is 10.3. The Labute approximate surface area is 172 Å². The maximum absolute atomic E-state index is 12.4. The summed E-state index contributed by atoms with van der Waals surface area (Å²) in [6.07, 6.45) is 5.03. The van der Waals surface area contributed by atoms with Crippen LogP contribution in [0.2, 0.25) is 0 Å². The van der Waals surface area contributed by atoms with E-state index in [2.05, 4.69) is 36.4 Å². The van der Waals surface area contributed by atoms with Gasteiger partial charge in [-0.05, 0) is 54.2 Å². The second-order valence-electron chi connectivity index (χ2n) is 9.29. The van der Waals surface area contributed by atoms with Crippen LogP contribution in [-0.4, -0.2) is 44.5 Å². The monoisotopic (exact) mass is 401 g/mol. The first-order chi connectivity index (χ1) is 13.8. The summed E-state index contributed by atoms with van der Waals surface area (Å²) in [4.78, 5) is 26.8. The standard InChI is InChI=1S/C22H31N3O4/c1-21(2)11-17(12-22(3,13-21)14-23-15-26)25-20(27)24-7-6-16-4-5-18-19(10-16)29-9-8-28-18/h4-5,10,17H,6-9,11-14H2,1-3H3,(H2,24,25,27). The molecule has 0 spiro atoms. The number of nitrogens with zero attached hydrogens (tertiary/aromatic N) is 1. The molecule has 0 radical (unpaired) electrons. The van der Waals surface area contributed by atoms with Crippen LogP contribution in [0, 0.1) is 10.8 Å². The molecular formula is C22H31N3O4. The van der Waals surface area contributed by atoms with E-state index < -0.39 is 0 Å². The molecule has 2 unspecified atom stereocenters. The highest BCUT2D eigenvalue weighted by molar-refractivity contribution is 5.74. The van der Waals surface area contributed by atoms with Crippen molar-refractivity contribution in [2.45, 2.75) is 52.5 Å². The van der Waals surface area contributed by atoms with Crippen LogP contribution in [0.5, 0.6) is 11.5 Å². The van der Waals surface area contributed by atoms with E-state index in [1.165, 1.54) is 0 Å². The van der Waals surface area contributed by atoms with E-state index in [4.69, 9.17) is 9.47 Å². The van der Waals surface area contributed by atoms with Gasteiger partial charge in [0.1, 0.15) is 13.2 Å². The fourth-order valence-corrected chi connectivity index (χ4v) is 4.88. The van der Waals surface area contributed by atoms with Gasteiger partial charge >= 0.3 is 6.03 Å². The maximum Gasteiger partial charge on any atom is 0.315 e. The average molecular weight is 402 g/mol. The zero-order valence-electron chi connectivity index (χ0n) is 17.5. The number of carbonyl (C=O) groups excluding carboxylic acids is 2. The van der Waals surface area contributed by atoms with Gasteiger partial charge in [-0.2, -0.15) is 0 Å². The lowest BCUT2D eigenvalue weighted by Gasteiger charge is -2.46. The lowest BCUT2D eigenvalue weighted by Crippen LogP contribution is -2.50. The Kier molecular flexibility index (Phi) is 6.48. The number of aliphatic imine (C=N–C) groups is 1. The number of rotatable bonds is 6. The van der Waals surface area contributed by atoms with Crippen molar-refractivity contribution in [3.8, 4) is 11.5 Å². The Morgan fingerprint density at radius 2 is 1.97 bits per heavy atom. The highest BCUT2D eigenvalue weighted by Crippen LogP contribution is 2.46. The quantitative estimate of drug-likeness (QED) is 0.566. The van der Waals surface area contributed by atoms with Crippen molar-refractivity contribution in [3.05, 3.63) is 23.8 Å². The van der Waals surface area contributed by atoms with Gasteiger partial charge in [-0.25, -0.2) is 14.6 Å². The number of urea groups is 1. The molecule has 7 nitrogen and oxygen atoms in total. The summed E-state index contributed by atoms with van der Waals surface area (Å²) < 4.78 is 11.1. The van der Waals surface area contributed by atoms with Crippen molar-refractivity contribution < 1.29 is 19.1 Å². The molecule has 2 amide bonds. The Morgan fingerprint density at radius 3 is 2.72 bits per heavy atom. The number of carbonyl (C=O) groups is 1. The summed E-state index contributed by atoms with van der Waals surface area (Å²) in [5.74, 6) is 1.53. The molecule has 1 aromatic carbocycles. The predicted octanol–water partition coefficient (Wildman–Crippen LogP) is 3.22. The molecule has 0 aromatic heterocycles. The van der Waals surface area contributed by atoms with Gasteiger partial charge in [-0.15, -0.1) is 0 Å². The SMILES string of the molecule is CC1(C)CC(NC(=O)NCCc2ccc3c(c2)OCCO3)CC(C)(CN=C=O)C1. The van der Waals surface area contributed by atoms with E-state index in [1.54, 1.807) is 6.08 Å². The van der Waals surface area contributed by atoms with Crippen LogP contribution in [0.1, 0.15) is 45.6 Å². The Bertz CT molecular complexity index is 788. The van der Waals surface area contributed by atoms with E-state index in [1.807, 2.05) is 18.2 Å². The normalized spacial score (nSPS) is 24.9. The zero-order valence-corrected chi connectivity index (χ0v) is 17.5. The minimum absolute atomic E-state index is 0.0555. The third-order valence-corrected chi connectivity index (χ3v) is 5.61. The molecule has 7 heteroatoms. The largest absolute Gasteiger partial charge is 0.486 e. The lowest BCUT2D eigenvalue weighted by atomic mass is 9.62. The smallest absolute Gasteiger partial charge is 0.315 e. The van der Waals surface area contributed by atoms with Crippen molar-refractivity contribution >= 4 is 12.1 Å². The van der Waals surface area contributed by atoms with Crippen LogP contribution < -0.4 is 20.1 Å². The fourth-order valence-electron chi connectivity index (χ4n) is 4.88. The predicted molar refractivity (Wildman–Crippen MR) is 110 cm³/mol. The molecule has 0 saturated heterocycles. The minimum Gasteiger partial charge on any atom is -0.486 e. The van der Waals surface area contributed by atoms with Crippen LogP contribution in [0.15, 0.2) is 23.2 Å². The van der Waals surface area contributed by atoms with Crippen molar-refractivity contribution in [2.75, 3.05) is 26.3 Å². The molecule has 1 aromatic rings. The van der Waals surface area contributed by atoms with E-state index in [-0.39, 0.29) is 22.9 Å². The van der Waals surface area contributed by atoms with Crippen LogP contribution in [-0.2, 0) is 11.2 Å². The van der Waals surface area contributed by atoms with E-state index in [0.29, 0.717) is 32.7 Å². The third kappa shape index (κ3) is 5.97. The number of hydrogen-bond acceptors (Lipinski definition) is 5. The van der Waals surface area contributed by atoms with Gasteiger partial charge in [0.15, 0.2) is 11.5 Å². The van der Waals surface area contributed by atoms with Gasteiger partial charge < -0.3 is 20.1 Å². The summed E-state index contributed by atoms with van der Waals surface area (Å²) in [6, 6.07) is 5.77. The van der Waals surface area contributed by atoms with Gasteiger partial charge in [0, 0.05) is 12.6 Å². The maximum atomic E-state index is 12.4. The second-order valence-corrected chi connectivity index (χ2v) is 9.29. The van der Waals surface area contributed by atoms with Crippen LogP contribution >= 0.6 is 0 Å². The molecule has 1 heterocycles. The first kappa shape index (κ1) is 21.2. The molecule has 2 atom stereocenters. The number of isocyanates is 1. The Hall–Kier alpha value is -2.53. The topological polar surface area (TPSA) is 89.0 Å². The van der Waals surface area contributed by atoms with Crippen LogP contribution in [0.3, 0.4) is 0 Å². The van der Waals surface area contributed by atoms with E-state index in [0.717, 1.165) is 36.3 Å². The molecule has 158 valence electrons. The van der Waals surface area contributed by atoms with Crippen molar-refractivity contribution in [1.82, 2.24) is 10.6 Å². The molecule has 1 aliphatic heterocycles. The first-order valence-corrected chi connectivity index (χ1v) is 10.3. The van der Waals surface area contributed by atoms with Crippen LogP contribution in [0.4, 0.5) is 4.79 Å². The minimum atomic E-state index is -0.161. The molecule has 1 saturated carbocycles. The number of fused-ring (bicyclic) bond motifs is 1. The molecule has 0 bridgehead atoms. The molecule has 3 rings (SSSR count). The van der Waals surface area contributed by atoms with E-state index in [9.17, 15) is 9.59 Å². The van der Waals surface area contributed by atoms with E-state index >= 15 is 0 Å². The highest BCUT2D eigenvalue weighted by atomic mass is 16.6. The van der Waals surface area contributed by atoms with Gasteiger partial charge in [-0.3, -0.25) is 0 Å². The second kappa shape index (κ2) is 8.87. The number of hydrogen-bond donors (Lipinski definition) is 2. The molecular weight excluding hydrogens is 370 g/mol. The zero-order chi connectivity index (χ0) is 20.9. The number of benzene rings is 1. The van der Waals surface area contributed by atoms with Crippen molar-refractivity contribution in [1.29, 1.82) is 0 Å². The fraction of sp³-hybridized carbons (Fsp3) is 0.636. The number of nitrogens with one attached hydrogen (secondary N) is 2. The highest BCUT2D eigenvalue weighted by Gasteiger charge is 2.41. The molecule has 2 N–H and O–H groups in total. The molecule has 2 aliphatic rings. The Morgan fingerprint density at radius 1 is 1.21 bits per heavy atom. The molecule has 1 fully saturated rings. The number of ether oxygens (including phenoxy) is 2. The summed E-state index contributed by atoms with van der Waals surface area (Å²) in [5.41, 5.74) is 1.06. The summed E-state index contributed by atoms with van der Waals surface area (Å²) >= 11 is 0. The molecule has 1 aliphatic carbocycles. The number of amides is 2. The van der Waals surface area contributed by atoms with Crippen molar-refractivity contribution in [2.24, 2.45) is 15.8 Å². The Balaban J connectivity index is 1.49. The van der Waals surface area contributed by atoms with Gasteiger partial charge in [0.25, 0.3) is 0 Å². The lowest BCUT2D eigenvalue weighted by molar-refractivity contribution is 0.0807.